The Morgan fingerprint density at radius 3 is 2.33 bits per heavy atom. The molecule has 0 unspecified atom stereocenters. The van der Waals surface area contributed by atoms with E-state index in [1.807, 2.05) is 0 Å². The average molecular weight is 205 g/mol. The number of hydrogen-bond acceptors (Lipinski definition) is 1. The van der Waals surface area contributed by atoms with Crippen molar-refractivity contribution in [3.8, 4) is 0 Å². The summed E-state index contributed by atoms with van der Waals surface area (Å²) in [7, 11) is 0. The fraction of sp³-hybridized carbons (Fsp3) is 0.571. The Bertz CT molecular complexity index is 243. The van der Waals surface area contributed by atoms with Gasteiger partial charge in [0.1, 0.15) is 0 Å². The first kappa shape index (κ1) is 12.3. The molecule has 0 atom stereocenters. The Kier molecular flexibility index (Phi) is 6.10. The van der Waals surface area contributed by atoms with Gasteiger partial charge in [-0.2, -0.15) is 0 Å². The van der Waals surface area contributed by atoms with E-state index in [0.29, 0.717) is 0 Å². The maximum atomic E-state index is 2.54. The highest BCUT2D eigenvalue weighted by molar-refractivity contribution is 5.14. The van der Waals surface area contributed by atoms with Crippen LogP contribution in [0.15, 0.2) is 30.3 Å². The molecule has 0 aliphatic heterocycles. The summed E-state index contributed by atoms with van der Waals surface area (Å²) in [6, 6.07) is 10.8. The second-order valence-electron chi connectivity index (χ2n) is 4.02. The molecule has 0 spiro atoms. The molecule has 0 aliphatic rings. The molecule has 1 heteroatoms. The van der Waals surface area contributed by atoms with Gasteiger partial charge >= 0.3 is 0 Å². The predicted octanol–water partition coefficient (Wildman–Crippen LogP) is 3.35. The molecule has 0 heterocycles. The van der Waals surface area contributed by atoms with Crippen LogP contribution in [0, 0.1) is 0 Å². The fourth-order valence-electron chi connectivity index (χ4n) is 1.74. The van der Waals surface area contributed by atoms with E-state index in [0.717, 1.165) is 0 Å². The molecular weight excluding hydrogens is 182 g/mol. The van der Waals surface area contributed by atoms with Gasteiger partial charge in [-0.1, -0.05) is 50.6 Å². The van der Waals surface area contributed by atoms with Crippen LogP contribution >= 0.6 is 0 Å². The van der Waals surface area contributed by atoms with Crippen molar-refractivity contribution in [1.82, 2.24) is 4.90 Å². The zero-order chi connectivity index (χ0) is 10.9. The van der Waals surface area contributed by atoms with Crippen molar-refractivity contribution in [2.45, 2.75) is 33.1 Å². The van der Waals surface area contributed by atoms with E-state index >= 15 is 0 Å². The van der Waals surface area contributed by atoms with Crippen molar-refractivity contribution in [1.29, 1.82) is 0 Å². The van der Waals surface area contributed by atoms with Gasteiger partial charge in [0, 0.05) is 6.54 Å². The van der Waals surface area contributed by atoms with E-state index in [4.69, 9.17) is 0 Å². The van der Waals surface area contributed by atoms with Crippen molar-refractivity contribution >= 4 is 0 Å². The molecule has 84 valence electrons. The smallest absolute Gasteiger partial charge is 0.00217 e. The largest absolute Gasteiger partial charge is 0.303 e. The van der Waals surface area contributed by atoms with Crippen LogP contribution in [0.3, 0.4) is 0 Å². The van der Waals surface area contributed by atoms with Crippen molar-refractivity contribution in [2.24, 2.45) is 0 Å². The van der Waals surface area contributed by atoms with E-state index in [-0.39, 0.29) is 0 Å². The minimum absolute atomic E-state index is 1.17. The van der Waals surface area contributed by atoms with Crippen LogP contribution in [0.25, 0.3) is 0 Å². The third-order valence-electron chi connectivity index (χ3n) is 2.83. The van der Waals surface area contributed by atoms with Crippen LogP contribution in [0.5, 0.6) is 0 Å². The van der Waals surface area contributed by atoms with Gasteiger partial charge in [0.05, 0.1) is 0 Å². The lowest BCUT2D eigenvalue weighted by atomic mass is 10.1. The SMILES string of the molecule is CCCCN(CC)CCc1ccccc1. The topological polar surface area (TPSA) is 3.24 Å². The minimum Gasteiger partial charge on any atom is -0.303 e. The van der Waals surface area contributed by atoms with E-state index in [1.54, 1.807) is 0 Å². The second kappa shape index (κ2) is 7.47. The van der Waals surface area contributed by atoms with Gasteiger partial charge in [0.25, 0.3) is 0 Å². The summed E-state index contributed by atoms with van der Waals surface area (Å²) in [5, 5.41) is 0. The third kappa shape index (κ3) is 4.98. The molecule has 0 N–H and O–H groups in total. The standard InChI is InChI=1S/C14H23N/c1-3-5-12-15(4-2)13-11-14-9-7-6-8-10-14/h6-10H,3-5,11-13H2,1-2H3. The summed E-state index contributed by atoms with van der Waals surface area (Å²) in [5.74, 6) is 0. The van der Waals surface area contributed by atoms with Gasteiger partial charge in [-0.15, -0.1) is 0 Å². The Morgan fingerprint density at radius 1 is 1.00 bits per heavy atom. The number of unbranched alkanes of at least 4 members (excludes halogenated alkanes) is 1. The van der Waals surface area contributed by atoms with Crippen molar-refractivity contribution in [3.63, 3.8) is 0 Å². The number of likely N-dealkylation sites (N-methyl/N-ethyl adjacent to an activating group) is 1. The van der Waals surface area contributed by atoms with Crippen LogP contribution in [0.4, 0.5) is 0 Å². The van der Waals surface area contributed by atoms with Crippen LogP contribution in [-0.4, -0.2) is 24.5 Å². The van der Waals surface area contributed by atoms with Gasteiger partial charge in [-0.3, -0.25) is 0 Å². The molecule has 0 bridgehead atoms. The van der Waals surface area contributed by atoms with E-state index < -0.39 is 0 Å². The zero-order valence-corrected chi connectivity index (χ0v) is 10.1. The first-order chi connectivity index (χ1) is 7.36. The number of hydrogen-bond donors (Lipinski definition) is 0. The molecule has 0 radical (unpaired) electrons. The van der Waals surface area contributed by atoms with Crippen LogP contribution < -0.4 is 0 Å². The van der Waals surface area contributed by atoms with E-state index in [9.17, 15) is 0 Å². The monoisotopic (exact) mass is 205 g/mol. The van der Waals surface area contributed by atoms with Crippen molar-refractivity contribution in [2.75, 3.05) is 19.6 Å². The minimum atomic E-state index is 1.17. The lowest BCUT2D eigenvalue weighted by Crippen LogP contribution is -2.26. The molecule has 1 aromatic rings. The molecule has 0 saturated heterocycles. The summed E-state index contributed by atoms with van der Waals surface area (Å²) in [6.07, 6.45) is 3.79. The second-order valence-corrected chi connectivity index (χ2v) is 4.02. The highest BCUT2D eigenvalue weighted by atomic mass is 15.1. The molecule has 0 amide bonds. The summed E-state index contributed by atoms with van der Waals surface area (Å²) in [6.45, 7) is 8.12. The van der Waals surface area contributed by atoms with E-state index in [2.05, 4.69) is 49.1 Å². The molecule has 15 heavy (non-hydrogen) atoms. The highest BCUT2D eigenvalue weighted by Gasteiger charge is 2.01. The first-order valence-corrected chi connectivity index (χ1v) is 6.13. The quantitative estimate of drug-likeness (QED) is 0.660. The molecular formula is C14H23N. The van der Waals surface area contributed by atoms with Crippen molar-refractivity contribution < 1.29 is 0 Å². The van der Waals surface area contributed by atoms with Crippen molar-refractivity contribution in [3.05, 3.63) is 35.9 Å². The summed E-state index contributed by atoms with van der Waals surface area (Å²) in [5.41, 5.74) is 1.45. The lowest BCUT2D eigenvalue weighted by Gasteiger charge is -2.19. The Hall–Kier alpha value is -0.820. The number of nitrogens with zero attached hydrogens (tertiary/aromatic N) is 1. The Morgan fingerprint density at radius 2 is 1.73 bits per heavy atom. The first-order valence-electron chi connectivity index (χ1n) is 6.13. The number of benzene rings is 1. The lowest BCUT2D eigenvalue weighted by molar-refractivity contribution is 0.287. The highest BCUT2D eigenvalue weighted by Crippen LogP contribution is 2.02. The average Bonchev–Trinajstić information content (AvgIpc) is 2.31. The molecule has 1 aromatic carbocycles. The predicted molar refractivity (Wildman–Crippen MR) is 67.2 cm³/mol. The number of rotatable bonds is 7. The van der Waals surface area contributed by atoms with Crippen LogP contribution in [0.2, 0.25) is 0 Å². The normalized spacial score (nSPS) is 10.9. The molecule has 0 saturated carbocycles. The Labute approximate surface area is 94.1 Å². The molecule has 0 aliphatic carbocycles. The van der Waals surface area contributed by atoms with Gasteiger partial charge < -0.3 is 4.90 Å². The maximum absolute atomic E-state index is 2.54. The summed E-state index contributed by atoms with van der Waals surface area (Å²) in [4.78, 5) is 2.54. The Balaban J connectivity index is 2.28. The molecule has 1 nitrogen and oxygen atoms in total. The van der Waals surface area contributed by atoms with Gasteiger partial charge in [-0.05, 0) is 31.5 Å². The summed E-state index contributed by atoms with van der Waals surface area (Å²) >= 11 is 0. The van der Waals surface area contributed by atoms with Gasteiger partial charge in [-0.25, -0.2) is 0 Å². The molecule has 0 aromatic heterocycles. The van der Waals surface area contributed by atoms with Crippen LogP contribution in [-0.2, 0) is 6.42 Å². The van der Waals surface area contributed by atoms with E-state index in [1.165, 1.54) is 44.5 Å². The van der Waals surface area contributed by atoms with Gasteiger partial charge in [0.2, 0.25) is 0 Å². The third-order valence-corrected chi connectivity index (χ3v) is 2.83. The molecule has 1 rings (SSSR count). The maximum Gasteiger partial charge on any atom is 0.00217 e. The zero-order valence-electron chi connectivity index (χ0n) is 10.1. The van der Waals surface area contributed by atoms with Gasteiger partial charge in [0.15, 0.2) is 0 Å². The van der Waals surface area contributed by atoms with Crippen LogP contribution in [0.1, 0.15) is 32.3 Å². The molecule has 0 fully saturated rings. The fourth-order valence-corrected chi connectivity index (χ4v) is 1.74. The summed E-state index contributed by atoms with van der Waals surface area (Å²) < 4.78 is 0.